The third-order valence-corrected chi connectivity index (χ3v) is 4.24. The molecule has 0 aliphatic heterocycles. The summed E-state index contributed by atoms with van der Waals surface area (Å²) in [7, 11) is 0. The van der Waals surface area contributed by atoms with Gasteiger partial charge in [0.05, 0.1) is 5.69 Å². The minimum absolute atomic E-state index is 0.0714. The Bertz CT molecular complexity index is 1210. The second-order valence-electron chi connectivity index (χ2n) is 6.13. The standard InChI is InChI=1S/C20H15FN4O3/c21-14-8-6-12(7-9-14)11-22-19(27)17-18(26)20(28)25-16(23-17)10-15(24-25)13-4-2-1-3-5-13/h1-10,24,26H,11H2,(H,22,27)/p-1. The Hall–Kier alpha value is -3.94. The van der Waals surface area contributed by atoms with E-state index in [2.05, 4.69) is 15.4 Å². The average molecular weight is 377 g/mol. The highest BCUT2D eigenvalue weighted by molar-refractivity contribution is 5.95. The lowest BCUT2D eigenvalue weighted by Crippen LogP contribution is -2.30. The quantitative estimate of drug-likeness (QED) is 0.566. The molecule has 28 heavy (non-hydrogen) atoms. The summed E-state index contributed by atoms with van der Waals surface area (Å²) in [6.45, 7) is 0.0714. The van der Waals surface area contributed by atoms with E-state index >= 15 is 0 Å². The number of hydrogen-bond acceptors (Lipinski definition) is 4. The third kappa shape index (κ3) is 3.23. The largest absolute Gasteiger partial charge is 0.867 e. The van der Waals surface area contributed by atoms with E-state index in [-0.39, 0.29) is 12.2 Å². The molecule has 7 nitrogen and oxygen atoms in total. The number of aromatic amines is 1. The summed E-state index contributed by atoms with van der Waals surface area (Å²) in [6, 6.07) is 16.4. The highest BCUT2D eigenvalue weighted by atomic mass is 19.1. The maximum absolute atomic E-state index is 12.9. The highest BCUT2D eigenvalue weighted by Gasteiger charge is 2.15. The van der Waals surface area contributed by atoms with Gasteiger partial charge in [-0.3, -0.25) is 14.7 Å². The minimum Gasteiger partial charge on any atom is -0.867 e. The lowest BCUT2D eigenvalue weighted by atomic mass is 10.2. The number of hydrogen-bond donors (Lipinski definition) is 2. The van der Waals surface area contributed by atoms with Crippen molar-refractivity contribution in [2.75, 3.05) is 0 Å². The predicted octanol–water partition coefficient (Wildman–Crippen LogP) is 1.83. The van der Waals surface area contributed by atoms with Crippen LogP contribution in [0.2, 0.25) is 0 Å². The molecule has 2 aromatic carbocycles. The van der Waals surface area contributed by atoms with Crippen LogP contribution in [0.1, 0.15) is 16.1 Å². The number of aromatic nitrogens is 3. The molecule has 0 radical (unpaired) electrons. The minimum atomic E-state index is -1.00. The fourth-order valence-corrected chi connectivity index (χ4v) is 2.80. The summed E-state index contributed by atoms with van der Waals surface area (Å²) in [5.74, 6) is -2.16. The van der Waals surface area contributed by atoms with E-state index in [0.29, 0.717) is 11.3 Å². The van der Waals surface area contributed by atoms with Crippen molar-refractivity contribution in [2.45, 2.75) is 6.54 Å². The SMILES string of the molecule is O=C(NCc1ccc(F)cc1)c1nc2cc(-c3ccccc3)[nH]n2c(=O)c1[O-]. The van der Waals surface area contributed by atoms with Gasteiger partial charge in [0.15, 0.2) is 5.65 Å². The van der Waals surface area contributed by atoms with Crippen molar-refractivity contribution >= 4 is 11.6 Å². The molecular weight excluding hydrogens is 363 g/mol. The molecule has 2 heterocycles. The van der Waals surface area contributed by atoms with E-state index in [1.165, 1.54) is 24.3 Å². The Morgan fingerprint density at radius 3 is 2.57 bits per heavy atom. The zero-order valence-electron chi connectivity index (χ0n) is 14.5. The summed E-state index contributed by atoms with van der Waals surface area (Å²) < 4.78 is 14.0. The second kappa shape index (κ2) is 6.99. The average Bonchev–Trinajstić information content (AvgIpc) is 3.15. The van der Waals surface area contributed by atoms with Crippen LogP contribution in [0.4, 0.5) is 4.39 Å². The van der Waals surface area contributed by atoms with Gasteiger partial charge in [0.2, 0.25) is 0 Å². The summed E-state index contributed by atoms with van der Waals surface area (Å²) in [6.07, 6.45) is 0. The van der Waals surface area contributed by atoms with Gasteiger partial charge in [-0.1, -0.05) is 42.5 Å². The van der Waals surface area contributed by atoms with Gasteiger partial charge in [0, 0.05) is 12.6 Å². The van der Waals surface area contributed by atoms with Crippen LogP contribution in [0.5, 0.6) is 5.75 Å². The molecule has 0 spiro atoms. The molecule has 0 saturated carbocycles. The smallest absolute Gasteiger partial charge is 0.269 e. The zero-order valence-corrected chi connectivity index (χ0v) is 14.5. The van der Waals surface area contributed by atoms with Gasteiger partial charge in [-0.2, -0.15) is 0 Å². The number of rotatable bonds is 4. The Morgan fingerprint density at radius 2 is 1.86 bits per heavy atom. The van der Waals surface area contributed by atoms with Crippen molar-refractivity contribution in [3.05, 3.63) is 88.1 Å². The molecule has 1 amide bonds. The number of halogens is 1. The maximum Gasteiger partial charge on any atom is 0.269 e. The predicted molar refractivity (Wildman–Crippen MR) is 98.3 cm³/mol. The first-order valence-electron chi connectivity index (χ1n) is 8.44. The Balaban J connectivity index is 1.65. The lowest BCUT2D eigenvalue weighted by Gasteiger charge is -2.12. The number of carbonyl (C=O) groups is 1. The summed E-state index contributed by atoms with van der Waals surface area (Å²) in [5, 5.41) is 17.6. The molecule has 4 rings (SSSR count). The molecule has 0 saturated heterocycles. The van der Waals surface area contributed by atoms with Crippen molar-refractivity contribution in [1.82, 2.24) is 19.9 Å². The van der Waals surface area contributed by atoms with Crippen molar-refractivity contribution in [1.29, 1.82) is 0 Å². The first-order valence-corrected chi connectivity index (χ1v) is 8.44. The molecule has 0 atom stereocenters. The van der Waals surface area contributed by atoms with E-state index in [4.69, 9.17) is 0 Å². The highest BCUT2D eigenvalue weighted by Crippen LogP contribution is 2.19. The van der Waals surface area contributed by atoms with Gasteiger partial charge in [0.1, 0.15) is 11.5 Å². The van der Waals surface area contributed by atoms with E-state index in [1.807, 2.05) is 30.3 Å². The fourth-order valence-electron chi connectivity index (χ4n) is 2.80. The fraction of sp³-hybridized carbons (Fsp3) is 0.0500. The van der Waals surface area contributed by atoms with Crippen molar-refractivity contribution in [3.63, 3.8) is 0 Å². The van der Waals surface area contributed by atoms with E-state index in [9.17, 15) is 19.1 Å². The van der Waals surface area contributed by atoms with Gasteiger partial charge in [-0.05, 0) is 29.0 Å². The van der Waals surface area contributed by atoms with Crippen LogP contribution in [-0.4, -0.2) is 20.5 Å². The molecule has 0 bridgehead atoms. The number of amides is 1. The number of nitrogens with one attached hydrogen (secondary N) is 2. The van der Waals surface area contributed by atoms with Crippen LogP contribution < -0.4 is 16.0 Å². The Labute approximate surface area is 158 Å². The summed E-state index contributed by atoms with van der Waals surface area (Å²) >= 11 is 0. The molecule has 0 fully saturated rings. The molecular formula is C20H14FN4O3-. The van der Waals surface area contributed by atoms with Crippen LogP contribution in [-0.2, 0) is 6.54 Å². The summed E-state index contributed by atoms with van der Waals surface area (Å²) in [4.78, 5) is 28.8. The van der Waals surface area contributed by atoms with Gasteiger partial charge in [-0.15, -0.1) is 0 Å². The van der Waals surface area contributed by atoms with E-state index in [0.717, 1.165) is 10.1 Å². The molecule has 0 aliphatic rings. The monoisotopic (exact) mass is 377 g/mol. The lowest BCUT2D eigenvalue weighted by molar-refractivity contribution is -0.271. The Morgan fingerprint density at radius 1 is 1.14 bits per heavy atom. The van der Waals surface area contributed by atoms with Gasteiger partial charge >= 0.3 is 0 Å². The molecule has 4 aromatic rings. The first-order chi connectivity index (χ1) is 13.5. The first kappa shape index (κ1) is 17.5. The number of fused-ring (bicyclic) bond motifs is 1. The van der Waals surface area contributed by atoms with Crippen LogP contribution in [0.3, 0.4) is 0 Å². The van der Waals surface area contributed by atoms with Crippen LogP contribution in [0.25, 0.3) is 16.9 Å². The molecule has 8 heteroatoms. The topological polar surface area (TPSA) is 102 Å². The van der Waals surface area contributed by atoms with Crippen LogP contribution in [0.15, 0.2) is 65.5 Å². The third-order valence-electron chi connectivity index (χ3n) is 4.24. The van der Waals surface area contributed by atoms with Crippen LogP contribution >= 0.6 is 0 Å². The number of H-pyrrole nitrogens is 1. The van der Waals surface area contributed by atoms with Crippen molar-refractivity contribution in [2.24, 2.45) is 0 Å². The number of benzene rings is 2. The van der Waals surface area contributed by atoms with Crippen molar-refractivity contribution < 1.29 is 14.3 Å². The molecule has 2 aromatic heterocycles. The van der Waals surface area contributed by atoms with Gasteiger partial charge in [0.25, 0.3) is 11.5 Å². The van der Waals surface area contributed by atoms with Crippen molar-refractivity contribution in [3.8, 4) is 17.0 Å². The normalized spacial score (nSPS) is 10.9. The maximum atomic E-state index is 12.9. The zero-order chi connectivity index (χ0) is 19.7. The molecule has 0 unspecified atom stereocenters. The van der Waals surface area contributed by atoms with Gasteiger partial charge in [-0.25, -0.2) is 13.9 Å². The van der Waals surface area contributed by atoms with Gasteiger partial charge < -0.3 is 10.4 Å². The number of carbonyl (C=O) groups excluding carboxylic acids is 1. The number of nitrogens with zero attached hydrogens (tertiary/aromatic N) is 2. The van der Waals surface area contributed by atoms with Crippen LogP contribution in [0, 0.1) is 5.82 Å². The summed E-state index contributed by atoms with van der Waals surface area (Å²) in [5.41, 5.74) is 0.837. The van der Waals surface area contributed by atoms with E-state index in [1.54, 1.807) is 6.07 Å². The molecule has 0 aliphatic carbocycles. The molecule has 140 valence electrons. The van der Waals surface area contributed by atoms with E-state index < -0.39 is 28.7 Å². The Kier molecular flexibility index (Phi) is 4.36. The molecule has 2 N–H and O–H groups in total. The second-order valence-corrected chi connectivity index (χ2v) is 6.13.